The predicted molar refractivity (Wildman–Crippen MR) is 113 cm³/mol. The monoisotopic (exact) mass is 473 g/mol. The van der Waals surface area contributed by atoms with Crippen molar-refractivity contribution in [3.8, 4) is 11.1 Å². The average molecular weight is 473 g/mol. The van der Waals surface area contributed by atoms with Gasteiger partial charge in [0.05, 0.1) is 12.1 Å². The molecule has 2 aromatic rings. The summed E-state index contributed by atoms with van der Waals surface area (Å²) in [6.07, 6.45) is -5.73. The Hall–Kier alpha value is -3.50. The van der Waals surface area contributed by atoms with Gasteiger partial charge in [-0.15, -0.1) is 0 Å². The molecule has 0 aromatic heterocycles. The lowest BCUT2D eigenvalue weighted by atomic mass is 9.68. The second-order valence-corrected chi connectivity index (χ2v) is 8.14. The summed E-state index contributed by atoms with van der Waals surface area (Å²) in [4.78, 5) is 37.0. The van der Waals surface area contributed by atoms with Crippen LogP contribution < -0.4 is 16.0 Å². The third kappa shape index (κ3) is 4.27. The maximum absolute atomic E-state index is 13.4. The molecule has 1 unspecified atom stereocenters. The lowest BCUT2D eigenvalue weighted by Gasteiger charge is -2.44. The zero-order valence-electron chi connectivity index (χ0n) is 16.9. The van der Waals surface area contributed by atoms with E-state index in [-0.39, 0.29) is 9.84 Å². The molecule has 0 bridgehead atoms. The Labute approximate surface area is 189 Å². The number of hydrogen-bond donors (Lipinski definition) is 3. The number of benzene rings is 2. The summed E-state index contributed by atoms with van der Waals surface area (Å²) in [5.74, 6) is -5.30. The first-order valence-corrected chi connectivity index (χ1v) is 9.98. The van der Waals surface area contributed by atoms with Crippen LogP contribution >= 0.6 is 0 Å². The van der Waals surface area contributed by atoms with Gasteiger partial charge in [-0.1, -0.05) is 30.3 Å². The summed E-state index contributed by atoms with van der Waals surface area (Å²) in [7, 11) is 0. The van der Waals surface area contributed by atoms with Crippen LogP contribution in [0.25, 0.3) is 11.1 Å². The number of carbonyl (C=O) groups excluding carboxylic acids is 3. The minimum absolute atomic E-state index is 0. The fraction of sp³-hybridized carbons (Fsp3) is 0.318. The molecule has 0 spiro atoms. The predicted octanol–water partition coefficient (Wildman–Crippen LogP) is 4.46. The van der Waals surface area contributed by atoms with Crippen molar-refractivity contribution >= 4 is 17.8 Å². The number of hydrogen-bond acceptors (Lipinski definition) is 3. The van der Waals surface area contributed by atoms with E-state index in [1.165, 1.54) is 18.2 Å². The highest BCUT2D eigenvalue weighted by Crippen LogP contribution is 2.48. The van der Waals surface area contributed by atoms with E-state index in [0.717, 1.165) is 12.1 Å². The van der Waals surface area contributed by atoms with E-state index >= 15 is 0 Å². The van der Waals surface area contributed by atoms with Crippen molar-refractivity contribution in [2.45, 2.75) is 30.5 Å². The van der Waals surface area contributed by atoms with Crippen LogP contribution in [0.5, 0.6) is 0 Å². The van der Waals surface area contributed by atoms with Crippen molar-refractivity contribution in [1.82, 2.24) is 16.0 Å². The number of amides is 4. The fourth-order valence-corrected chi connectivity index (χ4v) is 4.16. The van der Waals surface area contributed by atoms with Crippen LogP contribution in [0.4, 0.5) is 26.7 Å². The van der Waals surface area contributed by atoms with Gasteiger partial charge in [0.2, 0.25) is 5.92 Å². The average Bonchev–Trinajstić information content (AvgIpc) is 3.03. The van der Waals surface area contributed by atoms with Gasteiger partial charge >= 0.3 is 12.2 Å². The van der Waals surface area contributed by atoms with Gasteiger partial charge < -0.3 is 10.6 Å². The Balaban J connectivity index is 0.00000216. The van der Waals surface area contributed by atoms with Crippen molar-refractivity contribution in [3.05, 3.63) is 59.7 Å². The summed E-state index contributed by atoms with van der Waals surface area (Å²) < 4.78 is 65.4. The van der Waals surface area contributed by atoms with Crippen LogP contribution in [0.1, 0.15) is 33.0 Å². The smallest absolute Gasteiger partial charge is 0.349 e. The maximum Gasteiger partial charge on any atom is 0.416 e. The van der Waals surface area contributed by atoms with Crippen LogP contribution in [0.15, 0.2) is 48.5 Å². The van der Waals surface area contributed by atoms with Crippen LogP contribution in [-0.4, -0.2) is 35.9 Å². The Kier molecular flexibility index (Phi) is 5.38. The van der Waals surface area contributed by atoms with Crippen molar-refractivity contribution in [1.29, 1.82) is 0 Å². The number of alkyl halides is 5. The Morgan fingerprint density at radius 2 is 1.70 bits per heavy atom. The molecule has 180 valence electrons. The molecule has 33 heavy (non-hydrogen) atoms. The van der Waals surface area contributed by atoms with E-state index < -0.39 is 66.4 Å². The number of urea groups is 1. The Bertz CT molecular complexity index is 1120. The number of carbonyl (C=O) groups is 3. The largest absolute Gasteiger partial charge is 0.416 e. The highest BCUT2D eigenvalue weighted by atomic mass is 19.4. The SMILES string of the molecule is O=C1NC(=O)C(CNC(=O)c2ccccc2-c2ccc(C(F)(F)F)cc2)(C2CC(F)(F)C2)N1.[HH].[HH].[HH]. The van der Waals surface area contributed by atoms with Crippen LogP contribution in [0, 0.1) is 5.92 Å². The number of nitrogens with one attached hydrogen (secondary N) is 3. The second kappa shape index (κ2) is 7.82. The highest BCUT2D eigenvalue weighted by molar-refractivity contribution is 6.08. The topological polar surface area (TPSA) is 87.3 Å². The van der Waals surface area contributed by atoms with E-state index in [1.54, 1.807) is 18.2 Å². The van der Waals surface area contributed by atoms with E-state index in [9.17, 15) is 36.3 Å². The summed E-state index contributed by atoms with van der Waals surface area (Å²) in [5.41, 5.74) is -1.74. The van der Waals surface area contributed by atoms with Crippen LogP contribution in [-0.2, 0) is 11.0 Å². The van der Waals surface area contributed by atoms with Crippen molar-refractivity contribution in [3.63, 3.8) is 0 Å². The van der Waals surface area contributed by atoms with Crippen LogP contribution in [0.3, 0.4) is 0 Å². The van der Waals surface area contributed by atoms with Crippen molar-refractivity contribution in [2.24, 2.45) is 5.92 Å². The third-order valence-electron chi connectivity index (χ3n) is 5.98. The van der Waals surface area contributed by atoms with Gasteiger partial charge in [0.15, 0.2) is 0 Å². The number of rotatable bonds is 5. The first-order chi connectivity index (χ1) is 15.4. The zero-order chi connectivity index (χ0) is 24.0. The maximum atomic E-state index is 13.4. The lowest BCUT2D eigenvalue weighted by Crippen LogP contribution is -2.64. The molecule has 4 rings (SSSR count). The van der Waals surface area contributed by atoms with Gasteiger partial charge in [-0.25, -0.2) is 13.6 Å². The van der Waals surface area contributed by atoms with E-state index in [2.05, 4.69) is 10.6 Å². The molecule has 0 radical (unpaired) electrons. The Morgan fingerprint density at radius 3 is 2.24 bits per heavy atom. The molecule has 2 aliphatic rings. The molecule has 11 heteroatoms. The molecular weight excluding hydrogens is 449 g/mol. The summed E-state index contributed by atoms with van der Waals surface area (Å²) in [5, 5.41) is 6.92. The normalized spacial score (nSPS) is 22.3. The zero-order valence-corrected chi connectivity index (χ0v) is 16.9. The lowest BCUT2D eigenvalue weighted by molar-refractivity contribution is -0.148. The molecule has 2 fully saturated rings. The molecule has 4 amide bonds. The molecule has 1 heterocycles. The van der Waals surface area contributed by atoms with Crippen molar-refractivity contribution < 1.29 is 40.6 Å². The third-order valence-corrected chi connectivity index (χ3v) is 5.98. The van der Waals surface area contributed by atoms with Gasteiger partial charge in [-0.05, 0) is 29.3 Å². The van der Waals surface area contributed by atoms with Gasteiger partial charge in [0.1, 0.15) is 5.54 Å². The first-order valence-electron chi connectivity index (χ1n) is 9.98. The van der Waals surface area contributed by atoms with Gasteiger partial charge in [-0.2, -0.15) is 13.2 Å². The number of halogens is 5. The molecule has 1 atom stereocenters. The van der Waals surface area contributed by atoms with Gasteiger partial charge in [0, 0.05) is 28.6 Å². The molecular formula is C22H24F5N3O3. The molecule has 1 saturated carbocycles. The molecule has 1 aliphatic carbocycles. The molecule has 6 nitrogen and oxygen atoms in total. The molecule has 3 N–H and O–H groups in total. The second-order valence-electron chi connectivity index (χ2n) is 8.14. The van der Waals surface area contributed by atoms with Crippen LogP contribution in [0.2, 0.25) is 0 Å². The molecule has 1 saturated heterocycles. The molecule has 2 aromatic carbocycles. The summed E-state index contributed by atoms with van der Waals surface area (Å²) in [6, 6.07) is 9.57. The minimum Gasteiger partial charge on any atom is -0.349 e. The number of imide groups is 1. The standard InChI is InChI=1S/C22H18F5N3O3.3H2/c23-20(24)9-14(10-20)21(18(32)29-19(33)30-21)11-28-17(31)16-4-2-1-3-15(16)12-5-7-13(8-6-12)22(25,26)27;;;/h1-8,14H,9-11H2,(H,28,31)(H2,29,30,32,33);3*1H. The molecule has 1 aliphatic heterocycles. The highest BCUT2D eigenvalue weighted by Gasteiger charge is 2.61. The van der Waals surface area contributed by atoms with E-state index in [4.69, 9.17) is 0 Å². The fourth-order valence-electron chi connectivity index (χ4n) is 4.16. The van der Waals surface area contributed by atoms with E-state index in [0.29, 0.717) is 11.1 Å². The summed E-state index contributed by atoms with van der Waals surface area (Å²) in [6.45, 7) is -0.425. The van der Waals surface area contributed by atoms with Crippen molar-refractivity contribution in [2.75, 3.05) is 6.54 Å². The summed E-state index contributed by atoms with van der Waals surface area (Å²) >= 11 is 0. The first kappa shape index (κ1) is 22.7. The van der Waals surface area contributed by atoms with E-state index in [1.807, 2.05) is 5.32 Å². The minimum atomic E-state index is -4.51. The van der Waals surface area contributed by atoms with Gasteiger partial charge in [0.25, 0.3) is 11.8 Å². The Morgan fingerprint density at radius 1 is 1.06 bits per heavy atom. The van der Waals surface area contributed by atoms with Gasteiger partial charge in [-0.3, -0.25) is 14.9 Å². The quantitative estimate of drug-likeness (QED) is 0.443.